The quantitative estimate of drug-likeness (QED) is 0.395. The Morgan fingerprint density at radius 1 is 1.12 bits per heavy atom. The van der Waals surface area contributed by atoms with Crippen LogP contribution in [0.4, 0.5) is 0 Å². The summed E-state index contributed by atoms with van der Waals surface area (Å²) in [6.07, 6.45) is 6.84. The van der Waals surface area contributed by atoms with Crippen LogP contribution in [0.5, 0.6) is 0 Å². The van der Waals surface area contributed by atoms with E-state index in [0.717, 1.165) is 5.92 Å². The maximum absolute atomic E-state index is 3.32. The van der Waals surface area contributed by atoms with Gasteiger partial charge in [0.1, 0.15) is 0 Å². The molecule has 0 aromatic heterocycles. The minimum Gasteiger partial charge on any atom is -0.304 e. The van der Waals surface area contributed by atoms with Crippen molar-refractivity contribution in [2.45, 2.75) is 52.1 Å². The van der Waals surface area contributed by atoms with Crippen molar-refractivity contribution in [3.63, 3.8) is 0 Å². The van der Waals surface area contributed by atoms with Crippen molar-refractivity contribution in [3.8, 4) is 0 Å². The SMILES string of the molecule is CCC[C@@H](C)CCC[C@H](NC)N(C)NNC. The first-order chi connectivity index (χ1) is 7.65. The van der Waals surface area contributed by atoms with Crippen LogP contribution in [0.25, 0.3) is 0 Å². The number of hydrogen-bond donors (Lipinski definition) is 3. The Hall–Kier alpha value is -0.160. The van der Waals surface area contributed by atoms with Gasteiger partial charge in [0.15, 0.2) is 0 Å². The van der Waals surface area contributed by atoms with Crippen LogP contribution in [-0.4, -0.2) is 32.3 Å². The average Bonchev–Trinajstić information content (AvgIpc) is 2.25. The predicted molar refractivity (Wildman–Crippen MR) is 70.7 cm³/mol. The van der Waals surface area contributed by atoms with E-state index in [-0.39, 0.29) is 0 Å². The summed E-state index contributed by atoms with van der Waals surface area (Å²) in [5.74, 6) is 0.866. The van der Waals surface area contributed by atoms with E-state index >= 15 is 0 Å². The highest BCUT2D eigenvalue weighted by Gasteiger charge is 2.11. The van der Waals surface area contributed by atoms with Crippen LogP contribution >= 0.6 is 0 Å². The van der Waals surface area contributed by atoms with E-state index in [0.29, 0.717) is 6.17 Å². The van der Waals surface area contributed by atoms with E-state index in [2.05, 4.69) is 35.1 Å². The van der Waals surface area contributed by atoms with Crippen LogP contribution in [-0.2, 0) is 0 Å². The molecule has 0 aromatic carbocycles. The molecule has 4 nitrogen and oxygen atoms in total. The molecule has 3 N–H and O–H groups in total. The highest BCUT2D eigenvalue weighted by molar-refractivity contribution is 4.62. The molecule has 0 spiro atoms. The number of hydrazine groups is 2. The fourth-order valence-electron chi connectivity index (χ4n) is 2.08. The molecule has 0 aromatic rings. The summed E-state index contributed by atoms with van der Waals surface area (Å²) < 4.78 is 0. The van der Waals surface area contributed by atoms with E-state index in [1.165, 1.54) is 32.1 Å². The highest BCUT2D eigenvalue weighted by Crippen LogP contribution is 2.14. The number of nitrogens with zero attached hydrogens (tertiary/aromatic N) is 1. The molecule has 0 fully saturated rings. The smallest absolute Gasteiger partial charge is 0.0740 e. The first-order valence-corrected chi connectivity index (χ1v) is 6.48. The van der Waals surface area contributed by atoms with Crippen LogP contribution in [0.3, 0.4) is 0 Å². The van der Waals surface area contributed by atoms with Crippen LogP contribution in [0.15, 0.2) is 0 Å². The standard InChI is InChI=1S/C12H30N4/c1-6-8-11(2)9-7-10-12(13-3)16(5)15-14-4/h11-15H,6-10H2,1-5H3/t11-,12-/m1/s1. The van der Waals surface area contributed by atoms with Crippen molar-refractivity contribution in [1.29, 1.82) is 0 Å². The van der Waals surface area contributed by atoms with Gasteiger partial charge in [0.05, 0.1) is 6.17 Å². The van der Waals surface area contributed by atoms with Gasteiger partial charge in [-0.05, 0) is 26.4 Å². The van der Waals surface area contributed by atoms with E-state index in [1.54, 1.807) is 0 Å². The van der Waals surface area contributed by atoms with Crippen molar-refractivity contribution in [1.82, 2.24) is 21.3 Å². The van der Waals surface area contributed by atoms with Gasteiger partial charge in [-0.1, -0.05) is 39.5 Å². The monoisotopic (exact) mass is 230 g/mol. The van der Waals surface area contributed by atoms with Crippen LogP contribution < -0.4 is 16.3 Å². The van der Waals surface area contributed by atoms with Crippen LogP contribution in [0, 0.1) is 5.92 Å². The molecule has 0 aliphatic heterocycles. The summed E-state index contributed by atoms with van der Waals surface area (Å²) in [6, 6.07) is 0. The van der Waals surface area contributed by atoms with Gasteiger partial charge in [0.25, 0.3) is 0 Å². The second-order valence-corrected chi connectivity index (χ2v) is 4.60. The third kappa shape index (κ3) is 7.17. The lowest BCUT2D eigenvalue weighted by Crippen LogP contribution is -2.53. The second kappa shape index (κ2) is 10.0. The molecule has 0 unspecified atom stereocenters. The molecule has 0 radical (unpaired) electrons. The number of nitrogens with one attached hydrogen (secondary N) is 3. The molecule has 0 aliphatic carbocycles. The number of hydrogen-bond acceptors (Lipinski definition) is 4. The van der Waals surface area contributed by atoms with Gasteiger partial charge < -0.3 is 5.32 Å². The highest BCUT2D eigenvalue weighted by atomic mass is 15.7. The van der Waals surface area contributed by atoms with Gasteiger partial charge >= 0.3 is 0 Å². The first kappa shape index (κ1) is 15.8. The van der Waals surface area contributed by atoms with Crippen molar-refractivity contribution in [3.05, 3.63) is 0 Å². The molecule has 98 valence electrons. The van der Waals surface area contributed by atoms with Crippen molar-refractivity contribution in [2.75, 3.05) is 21.1 Å². The summed E-state index contributed by atoms with van der Waals surface area (Å²) in [5, 5.41) is 5.39. The molecule has 4 heteroatoms. The van der Waals surface area contributed by atoms with Gasteiger partial charge in [0.2, 0.25) is 0 Å². The maximum Gasteiger partial charge on any atom is 0.0740 e. The van der Waals surface area contributed by atoms with Crippen LogP contribution in [0.2, 0.25) is 0 Å². The summed E-state index contributed by atoms with van der Waals surface area (Å²) in [7, 11) is 5.94. The fourth-order valence-corrected chi connectivity index (χ4v) is 2.08. The Morgan fingerprint density at radius 2 is 1.81 bits per heavy atom. The second-order valence-electron chi connectivity index (χ2n) is 4.60. The van der Waals surface area contributed by atoms with E-state index < -0.39 is 0 Å². The Bertz CT molecular complexity index is 152. The average molecular weight is 230 g/mol. The van der Waals surface area contributed by atoms with E-state index in [9.17, 15) is 0 Å². The largest absolute Gasteiger partial charge is 0.304 e. The normalized spacial score (nSPS) is 15.4. The third-order valence-electron chi connectivity index (χ3n) is 3.04. The first-order valence-electron chi connectivity index (χ1n) is 6.48. The third-order valence-corrected chi connectivity index (χ3v) is 3.04. The molecule has 0 amide bonds. The van der Waals surface area contributed by atoms with Gasteiger partial charge in [-0.2, -0.15) is 5.53 Å². The molecule has 0 rings (SSSR count). The molecular formula is C12H30N4. The van der Waals surface area contributed by atoms with Crippen molar-refractivity contribution < 1.29 is 0 Å². The molecule has 0 bridgehead atoms. The molecule has 16 heavy (non-hydrogen) atoms. The van der Waals surface area contributed by atoms with Crippen molar-refractivity contribution >= 4 is 0 Å². The summed E-state index contributed by atoms with van der Waals surface area (Å²) in [5.41, 5.74) is 6.02. The predicted octanol–water partition coefficient (Wildman–Crippen LogP) is 1.71. The van der Waals surface area contributed by atoms with E-state index in [1.807, 2.05) is 21.1 Å². The summed E-state index contributed by atoms with van der Waals surface area (Å²) in [4.78, 5) is 0. The zero-order valence-corrected chi connectivity index (χ0v) is 11.6. The minimum absolute atomic E-state index is 0.390. The van der Waals surface area contributed by atoms with Gasteiger partial charge in [-0.15, -0.1) is 0 Å². The van der Waals surface area contributed by atoms with Gasteiger partial charge in [-0.25, -0.2) is 10.4 Å². The zero-order chi connectivity index (χ0) is 12.4. The topological polar surface area (TPSA) is 39.3 Å². The Balaban J connectivity index is 3.69. The fraction of sp³-hybridized carbons (Fsp3) is 1.00. The lowest BCUT2D eigenvalue weighted by molar-refractivity contribution is 0.109. The number of rotatable bonds is 10. The Kier molecular flexibility index (Phi) is 9.92. The maximum atomic E-state index is 3.32. The molecular weight excluding hydrogens is 200 g/mol. The molecule has 2 atom stereocenters. The van der Waals surface area contributed by atoms with Gasteiger partial charge in [0, 0.05) is 7.05 Å². The van der Waals surface area contributed by atoms with Crippen LogP contribution in [0.1, 0.15) is 46.0 Å². The lowest BCUT2D eigenvalue weighted by atomic mass is 9.99. The molecule has 0 aliphatic rings. The Labute approximate surface area is 101 Å². The molecule has 0 heterocycles. The molecule has 0 saturated heterocycles. The van der Waals surface area contributed by atoms with Gasteiger partial charge in [-0.3, -0.25) is 0 Å². The lowest BCUT2D eigenvalue weighted by Gasteiger charge is -2.28. The minimum atomic E-state index is 0.390. The molecule has 0 saturated carbocycles. The summed E-state index contributed by atoms with van der Waals surface area (Å²) >= 11 is 0. The Morgan fingerprint density at radius 3 is 2.31 bits per heavy atom. The van der Waals surface area contributed by atoms with Crippen molar-refractivity contribution in [2.24, 2.45) is 5.92 Å². The van der Waals surface area contributed by atoms with E-state index in [4.69, 9.17) is 0 Å². The summed E-state index contributed by atoms with van der Waals surface area (Å²) in [6.45, 7) is 4.62. The zero-order valence-electron chi connectivity index (χ0n) is 11.6.